The van der Waals surface area contributed by atoms with E-state index in [1.54, 1.807) is 13.0 Å². The molecule has 0 amide bonds. The van der Waals surface area contributed by atoms with E-state index < -0.39 is 111 Å². The fraction of sp³-hybridized carbons (Fsp3) is 0.881. The number of rotatable bonds is 10. The molecular weight excluding hydrogens is 792 g/mol. The number of hydrogen-bond acceptors (Lipinski definition) is 18. The summed E-state index contributed by atoms with van der Waals surface area (Å²) in [5, 5.41) is 96.3. The lowest BCUT2D eigenvalue weighted by Crippen LogP contribution is -2.65. The number of carbonyl (C=O) groups excluding carboxylic acids is 1. The Bertz CT molecular complexity index is 1590. The highest BCUT2D eigenvalue weighted by atomic mass is 16.8. The molecule has 4 heterocycles. The average Bonchev–Trinajstić information content (AvgIpc) is 3.80. The van der Waals surface area contributed by atoms with Gasteiger partial charge in [-0.2, -0.15) is 0 Å². The summed E-state index contributed by atoms with van der Waals surface area (Å²) < 4.78 is 46.5. The largest absolute Gasteiger partial charge is 0.458 e. The summed E-state index contributed by atoms with van der Waals surface area (Å²) in [7, 11) is 1.39. The number of aliphatic hydroxyl groups is 9. The maximum atomic E-state index is 12.3. The van der Waals surface area contributed by atoms with Crippen molar-refractivity contribution in [2.45, 2.75) is 169 Å². The first-order chi connectivity index (χ1) is 28.5. The molecule has 340 valence electrons. The number of methoxy groups -OCH3 is 1. The van der Waals surface area contributed by atoms with Gasteiger partial charge in [0.2, 0.25) is 0 Å². The van der Waals surface area contributed by atoms with Gasteiger partial charge in [0.25, 0.3) is 0 Å². The number of hydrogen-bond donors (Lipinski definition) is 9. The first-order valence-corrected chi connectivity index (χ1v) is 21.6. The van der Waals surface area contributed by atoms with Crippen LogP contribution in [0.25, 0.3) is 0 Å². The molecule has 4 aliphatic carbocycles. The molecule has 4 saturated carbocycles. The normalized spacial score (nSPS) is 53.2. The lowest BCUT2D eigenvalue weighted by Gasteiger charge is -2.55. The van der Waals surface area contributed by atoms with Crippen LogP contribution in [0.1, 0.15) is 65.2 Å². The molecule has 18 nitrogen and oxygen atoms in total. The highest BCUT2D eigenvalue weighted by Crippen LogP contribution is 2.67. The summed E-state index contributed by atoms with van der Waals surface area (Å²) in [4.78, 5) is 11.9. The summed E-state index contributed by atoms with van der Waals surface area (Å²) in [5.41, 5.74) is 1.14. The summed E-state index contributed by atoms with van der Waals surface area (Å²) in [6.07, 6.45) is -13.3. The number of cyclic esters (lactones) is 1. The minimum atomic E-state index is -1.77. The summed E-state index contributed by atoms with van der Waals surface area (Å²) in [6.45, 7) is 7.64. The van der Waals surface area contributed by atoms with Crippen LogP contribution < -0.4 is 0 Å². The Morgan fingerprint density at radius 3 is 2.15 bits per heavy atom. The molecule has 8 aliphatic rings. The van der Waals surface area contributed by atoms with Crippen LogP contribution in [0.3, 0.4) is 0 Å². The van der Waals surface area contributed by atoms with Crippen LogP contribution in [0.5, 0.6) is 0 Å². The summed E-state index contributed by atoms with van der Waals surface area (Å²) in [6, 6.07) is 0. The molecule has 0 bridgehead atoms. The number of esters is 1. The van der Waals surface area contributed by atoms with Gasteiger partial charge >= 0.3 is 5.97 Å². The molecule has 4 aliphatic heterocycles. The van der Waals surface area contributed by atoms with E-state index in [4.69, 9.17) is 37.9 Å². The van der Waals surface area contributed by atoms with Crippen LogP contribution in [0.4, 0.5) is 0 Å². The number of carbonyl (C=O) groups is 1. The van der Waals surface area contributed by atoms with E-state index >= 15 is 0 Å². The second-order valence-electron chi connectivity index (χ2n) is 18.8. The summed E-state index contributed by atoms with van der Waals surface area (Å²) in [5.74, 6) is 0.494. The first kappa shape index (κ1) is 44.9. The van der Waals surface area contributed by atoms with Gasteiger partial charge < -0.3 is 83.9 Å². The van der Waals surface area contributed by atoms with Crippen LogP contribution in [0.15, 0.2) is 23.8 Å². The fourth-order valence-electron chi connectivity index (χ4n) is 12.3. The molecule has 0 radical (unpaired) electrons. The zero-order valence-corrected chi connectivity index (χ0v) is 34.4. The third kappa shape index (κ3) is 7.73. The van der Waals surface area contributed by atoms with Crippen molar-refractivity contribution in [1.82, 2.24) is 0 Å². The lowest BCUT2D eigenvalue weighted by atomic mass is 9.51. The molecule has 7 fully saturated rings. The molecule has 23 atom stereocenters. The SMILES string of the molecule is C=C1[C@@H](C2=CC(=O)OC2)CC[C@@]2(O)[C@@H]1C[C@H]1[C@H]2CC[C@@H]2C[C@@H](O[C@@H]3O[C@@H](C)[C@H](O[C@@H]4O[C@H](CO[C@@H]5O[C@H](CO)[C@@H](O)[C@H](O)[C@H]5O)[C@@H](O)[C@H](O)[C@H]4O)[C@@H](OC)[C@H]3O)CC[C@@]21C. The molecule has 0 aromatic carbocycles. The van der Waals surface area contributed by atoms with Crippen LogP contribution in [0, 0.1) is 35.0 Å². The van der Waals surface area contributed by atoms with Crippen molar-refractivity contribution in [3.8, 4) is 0 Å². The van der Waals surface area contributed by atoms with E-state index in [1.807, 2.05) is 0 Å². The zero-order valence-electron chi connectivity index (χ0n) is 34.4. The summed E-state index contributed by atoms with van der Waals surface area (Å²) >= 11 is 0. The highest BCUT2D eigenvalue weighted by molar-refractivity contribution is 5.85. The van der Waals surface area contributed by atoms with E-state index in [0.717, 1.165) is 56.1 Å². The average molecular weight is 857 g/mol. The number of fused-ring (bicyclic) bond motifs is 5. The monoisotopic (exact) mass is 856 g/mol. The molecule has 9 N–H and O–H groups in total. The van der Waals surface area contributed by atoms with Gasteiger partial charge in [-0.15, -0.1) is 0 Å². The minimum absolute atomic E-state index is 0.0264. The van der Waals surface area contributed by atoms with Crippen molar-refractivity contribution in [1.29, 1.82) is 0 Å². The van der Waals surface area contributed by atoms with Gasteiger partial charge in [-0.05, 0) is 87.0 Å². The number of ether oxygens (including phenoxy) is 8. The second-order valence-corrected chi connectivity index (χ2v) is 18.8. The van der Waals surface area contributed by atoms with Crippen molar-refractivity contribution < 1.29 is 88.6 Å². The zero-order chi connectivity index (χ0) is 43.0. The standard InChI is InChI=1S/C42H64O18/c1-17-22(19-11-28(44)54-15-19)8-10-42(52)23-6-5-20-12-21(7-9-41(20,3)25(23)13-24(17)42)57-40-35(51)37(53-4)36(18(2)56-40)60-39-34(50)32(48)30(46)27(59-39)16-55-38-33(49)31(47)29(45)26(14-43)58-38/h11,18,20-27,29-40,43,45-52H,1,5-10,12-16H2,2-4H3/t18-,20+,21-,22-,23+,24+,25-,26+,27+,29+,30+,31-,32-,33+,34+,35+,36-,37-,38+,39-,40-,41-,42-/m0/s1. The topological polar surface area (TPSA) is 273 Å². The van der Waals surface area contributed by atoms with Crippen LogP contribution in [0.2, 0.25) is 0 Å². The van der Waals surface area contributed by atoms with Gasteiger partial charge in [-0.1, -0.05) is 19.1 Å². The molecule has 0 spiro atoms. The molecule has 3 saturated heterocycles. The van der Waals surface area contributed by atoms with Crippen LogP contribution in [-0.2, 0) is 42.7 Å². The first-order valence-electron chi connectivity index (χ1n) is 21.6. The Labute approximate surface area is 348 Å². The lowest BCUT2D eigenvalue weighted by molar-refractivity contribution is -0.367. The second kappa shape index (κ2) is 17.4. The minimum Gasteiger partial charge on any atom is -0.458 e. The van der Waals surface area contributed by atoms with E-state index in [0.29, 0.717) is 24.9 Å². The molecule has 18 heteroatoms. The maximum absolute atomic E-state index is 12.3. The third-order valence-electron chi connectivity index (χ3n) is 15.8. The van der Waals surface area contributed by atoms with Gasteiger partial charge in [0, 0.05) is 25.0 Å². The Morgan fingerprint density at radius 2 is 1.47 bits per heavy atom. The van der Waals surface area contributed by atoms with E-state index in [1.165, 1.54) is 7.11 Å². The van der Waals surface area contributed by atoms with Gasteiger partial charge in [0.05, 0.1) is 31.0 Å². The number of aliphatic hydroxyl groups excluding tert-OH is 8. The predicted molar refractivity (Wildman–Crippen MR) is 203 cm³/mol. The van der Waals surface area contributed by atoms with E-state index in [2.05, 4.69) is 13.5 Å². The molecule has 0 aromatic heterocycles. The van der Waals surface area contributed by atoms with Crippen LogP contribution >= 0.6 is 0 Å². The Kier molecular flexibility index (Phi) is 13.0. The van der Waals surface area contributed by atoms with E-state index in [9.17, 15) is 50.8 Å². The Hall–Kier alpha value is -1.69. The smallest absolute Gasteiger partial charge is 0.331 e. The maximum Gasteiger partial charge on any atom is 0.331 e. The van der Waals surface area contributed by atoms with Crippen molar-refractivity contribution in [3.05, 3.63) is 23.8 Å². The quantitative estimate of drug-likeness (QED) is 0.0690. The van der Waals surface area contributed by atoms with Gasteiger partial charge in [-0.3, -0.25) is 0 Å². The fourth-order valence-corrected chi connectivity index (χ4v) is 12.3. The van der Waals surface area contributed by atoms with Crippen molar-refractivity contribution >= 4 is 5.97 Å². The molecule has 0 aromatic rings. The van der Waals surface area contributed by atoms with E-state index in [-0.39, 0.29) is 35.2 Å². The molecular formula is C42H64O18. The highest BCUT2D eigenvalue weighted by Gasteiger charge is 2.65. The van der Waals surface area contributed by atoms with Crippen molar-refractivity contribution in [3.63, 3.8) is 0 Å². The van der Waals surface area contributed by atoms with Crippen molar-refractivity contribution in [2.24, 2.45) is 35.0 Å². The van der Waals surface area contributed by atoms with Crippen LogP contribution in [-0.4, -0.2) is 183 Å². The third-order valence-corrected chi connectivity index (χ3v) is 15.8. The van der Waals surface area contributed by atoms with Crippen molar-refractivity contribution in [2.75, 3.05) is 26.9 Å². The molecule has 8 rings (SSSR count). The van der Waals surface area contributed by atoms with Gasteiger partial charge in [0.15, 0.2) is 18.9 Å². The Morgan fingerprint density at radius 1 is 0.783 bits per heavy atom. The van der Waals surface area contributed by atoms with Gasteiger partial charge in [-0.25, -0.2) is 4.79 Å². The predicted octanol–water partition coefficient (Wildman–Crippen LogP) is -1.47. The Balaban J connectivity index is 0.874. The van der Waals surface area contributed by atoms with Gasteiger partial charge in [0.1, 0.15) is 73.8 Å². The molecule has 0 unspecified atom stereocenters. The molecule has 60 heavy (non-hydrogen) atoms.